The highest BCUT2D eigenvalue weighted by atomic mass is 35.5. The summed E-state index contributed by atoms with van der Waals surface area (Å²) in [6, 6.07) is 10.2. The van der Waals surface area contributed by atoms with Crippen LogP contribution in [0, 0.1) is 13.8 Å². The Morgan fingerprint density at radius 2 is 1.90 bits per heavy atom. The van der Waals surface area contributed by atoms with E-state index in [-0.39, 0.29) is 0 Å². The molecule has 2 N–H and O–H groups in total. The number of hydrogen-bond donors (Lipinski definition) is 1. The standard InChI is InChI=1S/C17H18ClN3/c1-11-7-15-17(8-12(11)2)21(10-20-15)16-4-3-14(18)9-13(16)5-6-19/h3-4,7-10H,5-6,19H2,1-2H3. The molecule has 0 spiro atoms. The van der Waals surface area contributed by atoms with E-state index in [1.807, 2.05) is 24.5 Å². The zero-order valence-corrected chi connectivity index (χ0v) is 13.0. The van der Waals surface area contributed by atoms with Crippen molar-refractivity contribution in [3.8, 4) is 5.69 Å². The normalized spacial score (nSPS) is 11.2. The molecule has 1 aromatic heterocycles. The van der Waals surface area contributed by atoms with Gasteiger partial charge in [-0.2, -0.15) is 0 Å². The Labute approximate surface area is 129 Å². The van der Waals surface area contributed by atoms with E-state index in [1.165, 1.54) is 11.1 Å². The number of fused-ring (bicyclic) bond motifs is 1. The van der Waals surface area contributed by atoms with Crippen LogP contribution < -0.4 is 5.73 Å². The zero-order chi connectivity index (χ0) is 15.0. The van der Waals surface area contributed by atoms with Crippen LogP contribution in [0.2, 0.25) is 5.02 Å². The number of benzene rings is 2. The molecular weight excluding hydrogens is 282 g/mol. The molecule has 0 saturated carbocycles. The maximum absolute atomic E-state index is 6.11. The molecule has 0 bridgehead atoms. The summed E-state index contributed by atoms with van der Waals surface area (Å²) in [5.41, 5.74) is 12.6. The molecule has 0 radical (unpaired) electrons. The Kier molecular flexibility index (Phi) is 3.70. The third-order valence-electron chi connectivity index (χ3n) is 3.88. The lowest BCUT2D eigenvalue weighted by atomic mass is 10.1. The van der Waals surface area contributed by atoms with Gasteiger partial charge in [-0.15, -0.1) is 0 Å². The van der Waals surface area contributed by atoms with Gasteiger partial charge in [-0.25, -0.2) is 4.98 Å². The summed E-state index contributed by atoms with van der Waals surface area (Å²) < 4.78 is 2.11. The van der Waals surface area contributed by atoms with Gasteiger partial charge in [0, 0.05) is 5.02 Å². The number of nitrogens with two attached hydrogens (primary N) is 1. The van der Waals surface area contributed by atoms with E-state index in [0.29, 0.717) is 6.54 Å². The fraction of sp³-hybridized carbons (Fsp3) is 0.235. The Bertz CT molecular complexity index is 805. The fourth-order valence-corrected chi connectivity index (χ4v) is 2.80. The van der Waals surface area contributed by atoms with Crippen molar-refractivity contribution in [3.05, 3.63) is 58.4 Å². The smallest absolute Gasteiger partial charge is 0.100 e. The molecule has 3 aromatic rings. The van der Waals surface area contributed by atoms with Gasteiger partial charge in [-0.05, 0) is 73.8 Å². The third-order valence-corrected chi connectivity index (χ3v) is 4.11. The second kappa shape index (κ2) is 5.51. The van der Waals surface area contributed by atoms with Crippen LogP contribution in [0.4, 0.5) is 0 Å². The van der Waals surface area contributed by atoms with Crippen LogP contribution in [0.5, 0.6) is 0 Å². The molecule has 0 aliphatic rings. The maximum Gasteiger partial charge on any atom is 0.100 e. The first kappa shape index (κ1) is 14.1. The van der Waals surface area contributed by atoms with Crippen LogP contribution >= 0.6 is 11.6 Å². The molecule has 0 saturated heterocycles. The molecule has 0 aliphatic heterocycles. The summed E-state index contributed by atoms with van der Waals surface area (Å²) in [4.78, 5) is 4.52. The minimum absolute atomic E-state index is 0.595. The topological polar surface area (TPSA) is 43.8 Å². The molecule has 2 aromatic carbocycles. The van der Waals surface area contributed by atoms with Gasteiger partial charge in [-0.3, -0.25) is 4.57 Å². The Morgan fingerprint density at radius 3 is 2.67 bits per heavy atom. The SMILES string of the molecule is Cc1cc2ncn(-c3ccc(Cl)cc3CCN)c2cc1C. The van der Waals surface area contributed by atoms with Gasteiger partial charge in [0.2, 0.25) is 0 Å². The molecular formula is C17H18ClN3. The fourth-order valence-electron chi connectivity index (χ4n) is 2.60. The van der Waals surface area contributed by atoms with Gasteiger partial charge < -0.3 is 5.73 Å². The van der Waals surface area contributed by atoms with Crippen molar-refractivity contribution in [2.75, 3.05) is 6.54 Å². The van der Waals surface area contributed by atoms with Crippen molar-refractivity contribution in [3.63, 3.8) is 0 Å². The van der Waals surface area contributed by atoms with Gasteiger partial charge in [0.1, 0.15) is 6.33 Å². The average molecular weight is 300 g/mol. The van der Waals surface area contributed by atoms with Crippen molar-refractivity contribution in [1.29, 1.82) is 0 Å². The quantitative estimate of drug-likeness (QED) is 0.799. The van der Waals surface area contributed by atoms with Crippen LogP contribution in [0.3, 0.4) is 0 Å². The van der Waals surface area contributed by atoms with Gasteiger partial charge in [-0.1, -0.05) is 11.6 Å². The van der Waals surface area contributed by atoms with E-state index in [9.17, 15) is 0 Å². The highest BCUT2D eigenvalue weighted by Gasteiger charge is 2.10. The molecule has 0 unspecified atom stereocenters. The third kappa shape index (κ3) is 2.55. The molecule has 0 fully saturated rings. The first-order valence-corrected chi connectivity index (χ1v) is 7.41. The van der Waals surface area contributed by atoms with Gasteiger partial charge in [0.05, 0.1) is 16.7 Å². The van der Waals surface area contributed by atoms with Crippen LogP contribution in [0.25, 0.3) is 16.7 Å². The van der Waals surface area contributed by atoms with Gasteiger partial charge >= 0.3 is 0 Å². The lowest BCUT2D eigenvalue weighted by Gasteiger charge is -2.12. The lowest BCUT2D eigenvalue weighted by Crippen LogP contribution is -2.06. The summed E-state index contributed by atoms with van der Waals surface area (Å²) in [6.45, 7) is 4.82. The molecule has 1 heterocycles. The zero-order valence-electron chi connectivity index (χ0n) is 12.2. The minimum Gasteiger partial charge on any atom is -0.330 e. The van der Waals surface area contributed by atoms with E-state index in [0.717, 1.165) is 33.7 Å². The average Bonchev–Trinajstić information content (AvgIpc) is 2.83. The molecule has 4 heteroatoms. The van der Waals surface area contributed by atoms with E-state index < -0.39 is 0 Å². The van der Waals surface area contributed by atoms with Gasteiger partial charge in [0.15, 0.2) is 0 Å². The van der Waals surface area contributed by atoms with Crippen LogP contribution in [-0.2, 0) is 6.42 Å². The highest BCUT2D eigenvalue weighted by molar-refractivity contribution is 6.30. The summed E-state index contributed by atoms with van der Waals surface area (Å²) in [7, 11) is 0. The van der Waals surface area contributed by atoms with Crippen LogP contribution in [0.15, 0.2) is 36.7 Å². The largest absolute Gasteiger partial charge is 0.330 e. The number of aromatic nitrogens is 2. The molecule has 0 atom stereocenters. The number of aryl methyl sites for hydroxylation is 2. The monoisotopic (exact) mass is 299 g/mol. The highest BCUT2D eigenvalue weighted by Crippen LogP contribution is 2.26. The molecule has 3 nitrogen and oxygen atoms in total. The van der Waals surface area contributed by atoms with Gasteiger partial charge in [0.25, 0.3) is 0 Å². The van der Waals surface area contributed by atoms with E-state index >= 15 is 0 Å². The van der Waals surface area contributed by atoms with Crippen LogP contribution in [-0.4, -0.2) is 16.1 Å². The maximum atomic E-state index is 6.11. The summed E-state index contributed by atoms with van der Waals surface area (Å²) in [5.74, 6) is 0. The first-order chi connectivity index (χ1) is 10.1. The molecule has 0 aliphatic carbocycles. The number of halogens is 1. The minimum atomic E-state index is 0.595. The molecule has 108 valence electrons. The number of rotatable bonds is 3. The molecule has 0 amide bonds. The van der Waals surface area contributed by atoms with Crippen molar-refractivity contribution in [2.24, 2.45) is 5.73 Å². The first-order valence-electron chi connectivity index (χ1n) is 7.03. The van der Waals surface area contributed by atoms with Crippen molar-refractivity contribution < 1.29 is 0 Å². The van der Waals surface area contributed by atoms with E-state index in [2.05, 4.69) is 35.5 Å². The second-order valence-electron chi connectivity index (χ2n) is 5.35. The number of nitrogens with zero attached hydrogens (tertiary/aromatic N) is 2. The number of imidazole rings is 1. The summed E-state index contributed by atoms with van der Waals surface area (Å²) in [6.07, 6.45) is 2.66. The van der Waals surface area contributed by atoms with E-state index in [4.69, 9.17) is 17.3 Å². The van der Waals surface area contributed by atoms with Crippen molar-refractivity contribution >= 4 is 22.6 Å². The van der Waals surface area contributed by atoms with Crippen LogP contribution in [0.1, 0.15) is 16.7 Å². The van der Waals surface area contributed by atoms with Crippen molar-refractivity contribution in [2.45, 2.75) is 20.3 Å². The molecule has 21 heavy (non-hydrogen) atoms. The van der Waals surface area contributed by atoms with E-state index in [1.54, 1.807) is 0 Å². The predicted molar refractivity (Wildman–Crippen MR) is 88.3 cm³/mol. The Hall–Kier alpha value is -1.84. The summed E-state index contributed by atoms with van der Waals surface area (Å²) >= 11 is 6.11. The second-order valence-corrected chi connectivity index (χ2v) is 5.79. The Balaban J connectivity index is 2.23. The predicted octanol–water partition coefficient (Wildman–Crippen LogP) is 3.80. The number of hydrogen-bond acceptors (Lipinski definition) is 2. The summed E-state index contributed by atoms with van der Waals surface area (Å²) in [5, 5.41) is 0.735. The van der Waals surface area contributed by atoms with Crippen molar-refractivity contribution in [1.82, 2.24) is 9.55 Å². The lowest BCUT2D eigenvalue weighted by molar-refractivity contribution is 0.942. The Morgan fingerprint density at radius 1 is 1.14 bits per heavy atom. The molecule has 3 rings (SSSR count).